The van der Waals surface area contributed by atoms with E-state index in [0.717, 1.165) is 18.1 Å². The van der Waals surface area contributed by atoms with E-state index in [-0.39, 0.29) is 5.82 Å². The van der Waals surface area contributed by atoms with Gasteiger partial charge >= 0.3 is 0 Å². The molecular formula is C17H23ClFN5. The maximum Gasteiger partial charge on any atom is 0.193 e. The maximum atomic E-state index is 13.8. The van der Waals surface area contributed by atoms with E-state index in [1.165, 1.54) is 6.07 Å². The molecule has 2 rings (SSSR count). The number of guanidine groups is 1. The third-order valence-electron chi connectivity index (χ3n) is 3.56. The Kier molecular flexibility index (Phi) is 6.61. The summed E-state index contributed by atoms with van der Waals surface area (Å²) < 4.78 is 15.6. The van der Waals surface area contributed by atoms with Crippen LogP contribution < -0.4 is 5.32 Å². The lowest BCUT2D eigenvalue weighted by atomic mass is 10.1. The molecule has 0 aliphatic heterocycles. The smallest absolute Gasteiger partial charge is 0.193 e. The zero-order valence-corrected chi connectivity index (χ0v) is 15.0. The van der Waals surface area contributed by atoms with E-state index in [1.807, 2.05) is 38.3 Å². The van der Waals surface area contributed by atoms with Crippen molar-refractivity contribution >= 4 is 17.6 Å². The third kappa shape index (κ3) is 4.96. The standard InChI is InChI=1S/C17H23ClFN5/c1-4-20-17(23(2)11-13-10-22-24(3)12-13)21-9-8-14-15(18)6-5-7-16(14)19/h5-7,10,12H,4,8-9,11H2,1-3H3,(H,20,21). The van der Waals surface area contributed by atoms with Gasteiger partial charge in [0.25, 0.3) is 0 Å². The van der Waals surface area contributed by atoms with Gasteiger partial charge in [0.05, 0.1) is 6.20 Å². The molecule has 1 heterocycles. The number of hydrogen-bond acceptors (Lipinski definition) is 2. The van der Waals surface area contributed by atoms with Gasteiger partial charge in [0.1, 0.15) is 5.82 Å². The number of nitrogens with zero attached hydrogens (tertiary/aromatic N) is 4. The predicted octanol–water partition coefficient (Wildman–Crippen LogP) is 2.85. The minimum Gasteiger partial charge on any atom is -0.357 e. The average Bonchev–Trinajstić information content (AvgIpc) is 2.94. The van der Waals surface area contributed by atoms with Crippen LogP contribution in [-0.4, -0.2) is 40.8 Å². The van der Waals surface area contributed by atoms with Crippen LogP contribution >= 0.6 is 11.6 Å². The highest BCUT2D eigenvalue weighted by molar-refractivity contribution is 6.31. The van der Waals surface area contributed by atoms with E-state index in [9.17, 15) is 4.39 Å². The van der Waals surface area contributed by atoms with Gasteiger partial charge in [-0.1, -0.05) is 17.7 Å². The molecular weight excluding hydrogens is 329 g/mol. The number of aromatic nitrogens is 2. The molecule has 0 bridgehead atoms. The molecule has 0 radical (unpaired) electrons. The fourth-order valence-corrected chi connectivity index (χ4v) is 2.67. The van der Waals surface area contributed by atoms with Crippen LogP contribution in [0, 0.1) is 5.82 Å². The first-order valence-corrected chi connectivity index (χ1v) is 8.29. The Morgan fingerprint density at radius 3 is 2.88 bits per heavy atom. The van der Waals surface area contributed by atoms with Crippen LogP contribution in [0.5, 0.6) is 0 Å². The highest BCUT2D eigenvalue weighted by atomic mass is 35.5. The summed E-state index contributed by atoms with van der Waals surface area (Å²) in [5.41, 5.74) is 1.61. The Bertz CT molecular complexity index is 678. The van der Waals surface area contributed by atoms with Crippen molar-refractivity contribution in [3.63, 3.8) is 0 Å². The summed E-state index contributed by atoms with van der Waals surface area (Å²) in [6.07, 6.45) is 4.26. The molecule has 0 aliphatic carbocycles. The molecule has 0 unspecified atom stereocenters. The van der Waals surface area contributed by atoms with E-state index >= 15 is 0 Å². The molecule has 0 saturated heterocycles. The molecule has 2 aromatic rings. The zero-order valence-electron chi connectivity index (χ0n) is 14.3. The second-order valence-electron chi connectivity index (χ2n) is 5.56. The monoisotopic (exact) mass is 351 g/mol. The zero-order chi connectivity index (χ0) is 17.5. The van der Waals surface area contributed by atoms with Gasteiger partial charge in [-0.05, 0) is 25.5 Å². The van der Waals surface area contributed by atoms with E-state index in [4.69, 9.17) is 11.6 Å². The Hall–Kier alpha value is -2.08. The minimum atomic E-state index is -0.286. The number of aryl methyl sites for hydroxylation is 1. The molecule has 0 aliphatic rings. The quantitative estimate of drug-likeness (QED) is 0.643. The van der Waals surface area contributed by atoms with Gasteiger partial charge in [0.15, 0.2) is 5.96 Å². The minimum absolute atomic E-state index is 0.286. The fraction of sp³-hybridized carbons (Fsp3) is 0.412. The van der Waals surface area contributed by atoms with Crippen molar-refractivity contribution in [2.45, 2.75) is 19.9 Å². The number of halogens is 2. The molecule has 130 valence electrons. The number of benzene rings is 1. The molecule has 1 aromatic heterocycles. The summed E-state index contributed by atoms with van der Waals surface area (Å²) in [6.45, 7) is 3.93. The summed E-state index contributed by atoms with van der Waals surface area (Å²) in [4.78, 5) is 6.59. The highest BCUT2D eigenvalue weighted by Gasteiger charge is 2.09. The van der Waals surface area contributed by atoms with E-state index in [0.29, 0.717) is 30.1 Å². The first kappa shape index (κ1) is 18.3. The lowest BCUT2D eigenvalue weighted by Crippen LogP contribution is -2.38. The topological polar surface area (TPSA) is 45.5 Å². The maximum absolute atomic E-state index is 13.8. The first-order valence-electron chi connectivity index (χ1n) is 7.91. The van der Waals surface area contributed by atoms with Gasteiger partial charge in [0.2, 0.25) is 0 Å². The van der Waals surface area contributed by atoms with Crippen LogP contribution in [0.25, 0.3) is 0 Å². The van der Waals surface area contributed by atoms with Crippen LogP contribution in [0.15, 0.2) is 35.6 Å². The van der Waals surface area contributed by atoms with Crippen LogP contribution in [0.2, 0.25) is 5.02 Å². The SMILES string of the molecule is CCNC(=NCCc1c(F)cccc1Cl)N(C)Cc1cnn(C)c1. The van der Waals surface area contributed by atoms with Crippen molar-refractivity contribution in [2.75, 3.05) is 20.1 Å². The number of aliphatic imine (C=N–C) groups is 1. The molecule has 5 nitrogen and oxygen atoms in total. The van der Waals surface area contributed by atoms with Crippen molar-refractivity contribution < 1.29 is 4.39 Å². The number of hydrogen-bond donors (Lipinski definition) is 1. The molecule has 0 spiro atoms. The van der Waals surface area contributed by atoms with Crippen LogP contribution in [0.1, 0.15) is 18.1 Å². The molecule has 0 atom stereocenters. The number of rotatable bonds is 6. The lowest BCUT2D eigenvalue weighted by molar-refractivity contribution is 0.476. The van der Waals surface area contributed by atoms with Crippen molar-refractivity contribution in [1.29, 1.82) is 0 Å². The highest BCUT2D eigenvalue weighted by Crippen LogP contribution is 2.19. The largest absolute Gasteiger partial charge is 0.357 e. The van der Waals surface area contributed by atoms with Gasteiger partial charge in [-0.3, -0.25) is 9.67 Å². The summed E-state index contributed by atoms with van der Waals surface area (Å²) >= 11 is 6.05. The first-order chi connectivity index (χ1) is 11.5. The molecule has 0 saturated carbocycles. The molecule has 0 amide bonds. The summed E-state index contributed by atoms with van der Waals surface area (Å²) in [5, 5.41) is 7.86. The van der Waals surface area contributed by atoms with Crippen LogP contribution in [0.3, 0.4) is 0 Å². The fourth-order valence-electron chi connectivity index (χ4n) is 2.42. The summed E-state index contributed by atoms with van der Waals surface area (Å²) in [6, 6.07) is 4.73. The summed E-state index contributed by atoms with van der Waals surface area (Å²) in [5.74, 6) is 0.486. The molecule has 24 heavy (non-hydrogen) atoms. The Balaban J connectivity index is 2.02. The Morgan fingerprint density at radius 1 is 1.46 bits per heavy atom. The van der Waals surface area contributed by atoms with E-state index in [1.54, 1.807) is 16.8 Å². The van der Waals surface area contributed by atoms with Gasteiger partial charge < -0.3 is 10.2 Å². The number of nitrogens with one attached hydrogen (secondary N) is 1. The van der Waals surface area contributed by atoms with Crippen LogP contribution in [0.4, 0.5) is 4.39 Å². The second kappa shape index (κ2) is 8.68. The molecule has 1 aromatic carbocycles. The van der Waals surface area contributed by atoms with Gasteiger partial charge in [0, 0.05) is 56.1 Å². The lowest BCUT2D eigenvalue weighted by Gasteiger charge is -2.21. The van der Waals surface area contributed by atoms with Gasteiger partial charge in [-0.15, -0.1) is 0 Å². The summed E-state index contributed by atoms with van der Waals surface area (Å²) in [7, 11) is 3.85. The van der Waals surface area contributed by atoms with Crippen molar-refractivity contribution in [3.8, 4) is 0 Å². The van der Waals surface area contributed by atoms with Crippen LogP contribution in [-0.2, 0) is 20.0 Å². The van der Waals surface area contributed by atoms with Crippen molar-refractivity contribution in [3.05, 3.63) is 52.6 Å². The van der Waals surface area contributed by atoms with Gasteiger partial charge in [-0.25, -0.2) is 4.39 Å². The molecule has 0 fully saturated rings. The Morgan fingerprint density at radius 2 is 2.25 bits per heavy atom. The molecule has 1 N–H and O–H groups in total. The second-order valence-corrected chi connectivity index (χ2v) is 5.97. The Labute approximate surface area is 147 Å². The van der Waals surface area contributed by atoms with E-state index < -0.39 is 0 Å². The predicted molar refractivity (Wildman–Crippen MR) is 95.8 cm³/mol. The normalized spacial score (nSPS) is 11.6. The average molecular weight is 352 g/mol. The van der Waals surface area contributed by atoms with Gasteiger partial charge in [-0.2, -0.15) is 5.10 Å². The molecule has 7 heteroatoms. The van der Waals surface area contributed by atoms with E-state index in [2.05, 4.69) is 15.4 Å². The third-order valence-corrected chi connectivity index (χ3v) is 3.91. The van der Waals surface area contributed by atoms with Crippen molar-refractivity contribution in [2.24, 2.45) is 12.0 Å². The van der Waals surface area contributed by atoms with Crippen molar-refractivity contribution in [1.82, 2.24) is 20.0 Å².